The molecule has 6 heteroatoms. The van der Waals surface area contributed by atoms with Gasteiger partial charge in [0.1, 0.15) is 5.01 Å². The summed E-state index contributed by atoms with van der Waals surface area (Å²) in [5.41, 5.74) is 2.34. The van der Waals surface area contributed by atoms with Crippen LogP contribution in [0.15, 0.2) is 83.8 Å². The number of para-hydroxylation sites is 1. The van der Waals surface area contributed by atoms with Crippen LogP contribution < -0.4 is 4.72 Å². The second-order valence-corrected chi connectivity index (χ2v) is 8.20. The molecule has 0 aliphatic heterocycles. The number of sulfonamides is 1. The van der Waals surface area contributed by atoms with Crippen molar-refractivity contribution in [2.75, 3.05) is 4.72 Å². The number of rotatable bonds is 4. The summed E-state index contributed by atoms with van der Waals surface area (Å²) in [7, 11) is -3.60. The van der Waals surface area contributed by atoms with Crippen LogP contribution in [0.1, 0.15) is 0 Å². The summed E-state index contributed by atoms with van der Waals surface area (Å²) in [6.07, 6.45) is 0. The molecule has 4 rings (SSSR count). The first-order valence-electron chi connectivity index (χ1n) is 7.66. The van der Waals surface area contributed by atoms with Crippen molar-refractivity contribution in [1.82, 2.24) is 4.98 Å². The first-order valence-corrected chi connectivity index (χ1v) is 9.96. The second kappa shape index (κ2) is 6.31. The van der Waals surface area contributed by atoms with E-state index in [0.29, 0.717) is 5.69 Å². The number of hydrogen-bond acceptors (Lipinski definition) is 4. The fraction of sp³-hybridized carbons (Fsp3) is 0. The van der Waals surface area contributed by atoms with Crippen molar-refractivity contribution in [3.05, 3.63) is 78.9 Å². The van der Waals surface area contributed by atoms with Crippen LogP contribution in [0.3, 0.4) is 0 Å². The van der Waals surface area contributed by atoms with Gasteiger partial charge in [0.2, 0.25) is 0 Å². The van der Waals surface area contributed by atoms with Gasteiger partial charge in [0.15, 0.2) is 0 Å². The molecule has 4 aromatic rings. The molecule has 25 heavy (non-hydrogen) atoms. The first-order chi connectivity index (χ1) is 12.1. The molecule has 0 unspecified atom stereocenters. The summed E-state index contributed by atoms with van der Waals surface area (Å²) in [4.78, 5) is 4.86. The Balaban J connectivity index is 1.68. The smallest absolute Gasteiger partial charge is 0.261 e. The van der Waals surface area contributed by atoms with Gasteiger partial charge in [-0.25, -0.2) is 13.4 Å². The molecule has 1 aromatic heterocycles. The molecule has 124 valence electrons. The molecule has 0 aliphatic rings. The molecule has 0 aliphatic carbocycles. The average Bonchev–Trinajstić information content (AvgIpc) is 3.07. The van der Waals surface area contributed by atoms with Gasteiger partial charge in [0, 0.05) is 11.3 Å². The number of nitrogens with zero attached hydrogens (tertiary/aromatic N) is 1. The SMILES string of the molecule is O=S(=O)(Nc1cccc(-c2nc3ccccc3s2)c1)c1ccccc1. The van der Waals surface area contributed by atoms with Crippen molar-refractivity contribution in [2.24, 2.45) is 0 Å². The van der Waals surface area contributed by atoms with E-state index in [0.717, 1.165) is 20.8 Å². The molecule has 0 spiro atoms. The quantitative estimate of drug-likeness (QED) is 0.566. The van der Waals surface area contributed by atoms with Crippen molar-refractivity contribution < 1.29 is 8.42 Å². The van der Waals surface area contributed by atoms with Crippen LogP contribution in [0, 0.1) is 0 Å². The van der Waals surface area contributed by atoms with Gasteiger partial charge in [-0.3, -0.25) is 4.72 Å². The lowest BCUT2D eigenvalue weighted by atomic mass is 10.2. The van der Waals surface area contributed by atoms with Gasteiger partial charge in [-0.2, -0.15) is 0 Å². The Morgan fingerprint density at radius 3 is 2.40 bits per heavy atom. The van der Waals surface area contributed by atoms with Crippen LogP contribution in [-0.4, -0.2) is 13.4 Å². The number of thiazole rings is 1. The molecule has 0 fully saturated rings. The molecular formula is C19H14N2O2S2. The summed E-state index contributed by atoms with van der Waals surface area (Å²) in [5.74, 6) is 0. The minimum atomic E-state index is -3.60. The standard InChI is InChI=1S/C19H14N2O2S2/c22-25(23,16-9-2-1-3-10-16)21-15-8-6-7-14(13-15)19-20-17-11-4-5-12-18(17)24-19/h1-13,21H. The largest absolute Gasteiger partial charge is 0.280 e. The number of anilines is 1. The minimum absolute atomic E-state index is 0.236. The highest BCUT2D eigenvalue weighted by Crippen LogP contribution is 2.31. The molecule has 0 atom stereocenters. The fourth-order valence-electron chi connectivity index (χ4n) is 2.53. The van der Waals surface area contributed by atoms with Gasteiger partial charge in [-0.05, 0) is 36.4 Å². The van der Waals surface area contributed by atoms with Crippen molar-refractivity contribution in [3.63, 3.8) is 0 Å². The molecule has 0 saturated carbocycles. The number of nitrogens with one attached hydrogen (secondary N) is 1. The molecule has 0 radical (unpaired) electrons. The van der Waals surface area contributed by atoms with E-state index >= 15 is 0 Å². The third-order valence-electron chi connectivity index (χ3n) is 3.71. The van der Waals surface area contributed by atoms with Crippen molar-refractivity contribution in [1.29, 1.82) is 0 Å². The maximum absolute atomic E-state index is 12.5. The Morgan fingerprint density at radius 1 is 0.840 bits per heavy atom. The zero-order valence-corrected chi connectivity index (χ0v) is 14.7. The van der Waals surface area contributed by atoms with Gasteiger partial charge in [0.05, 0.1) is 15.1 Å². The number of hydrogen-bond donors (Lipinski definition) is 1. The topological polar surface area (TPSA) is 59.1 Å². The zero-order valence-electron chi connectivity index (χ0n) is 13.1. The van der Waals surface area contributed by atoms with Crippen molar-refractivity contribution in [3.8, 4) is 10.6 Å². The number of aromatic nitrogens is 1. The number of benzene rings is 3. The Kier molecular flexibility index (Phi) is 3.99. The summed E-state index contributed by atoms with van der Waals surface area (Å²) in [5, 5.41) is 0.863. The molecule has 1 N–H and O–H groups in total. The van der Waals surface area contributed by atoms with Crippen LogP contribution in [0.25, 0.3) is 20.8 Å². The summed E-state index contributed by atoms with van der Waals surface area (Å²) < 4.78 is 28.7. The van der Waals surface area contributed by atoms with Gasteiger partial charge < -0.3 is 0 Å². The highest BCUT2D eigenvalue weighted by molar-refractivity contribution is 7.92. The molecule has 0 bridgehead atoms. The molecule has 3 aromatic carbocycles. The predicted molar refractivity (Wildman–Crippen MR) is 102 cm³/mol. The maximum Gasteiger partial charge on any atom is 0.261 e. The van der Waals surface area contributed by atoms with E-state index in [2.05, 4.69) is 9.71 Å². The third kappa shape index (κ3) is 3.26. The zero-order chi connectivity index (χ0) is 17.3. The Labute approximate surface area is 149 Å². The molecule has 0 saturated heterocycles. The lowest BCUT2D eigenvalue weighted by molar-refractivity contribution is 0.601. The average molecular weight is 366 g/mol. The summed E-state index contributed by atoms with van der Waals surface area (Å²) in [6, 6.07) is 23.5. The Morgan fingerprint density at radius 2 is 1.60 bits per heavy atom. The third-order valence-corrected chi connectivity index (χ3v) is 6.19. The van der Waals surface area contributed by atoms with Gasteiger partial charge in [-0.1, -0.05) is 42.5 Å². The molecule has 1 heterocycles. The van der Waals surface area contributed by atoms with Crippen LogP contribution in [0.2, 0.25) is 0 Å². The van der Waals surface area contributed by atoms with Gasteiger partial charge >= 0.3 is 0 Å². The van der Waals surface area contributed by atoms with Crippen LogP contribution in [0.5, 0.6) is 0 Å². The van der Waals surface area contributed by atoms with Crippen molar-refractivity contribution in [2.45, 2.75) is 4.90 Å². The van der Waals surface area contributed by atoms with E-state index in [-0.39, 0.29) is 4.90 Å². The maximum atomic E-state index is 12.5. The van der Waals surface area contributed by atoms with E-state index < -0.39 is 10.0 Å². The summed E-state index contributed by atoms with van der Waals surface area (Å²) >= 11 is 1.59. The van der Waals surface area contributed by atoms with E-state index in [9.17, 15) is 8.42 Å². The number of fused-ring (bicyclic) bond motifs is 1. The van der Waals surface area contributed by atoms with Crippen LogP contribution >= 0.6 is 11.3 Å². The normalized spacial score (nSPS) is 11.5. The van der Waals surface area contributed by atoms with E-state index in [1.807, 2.05) is 36.4 Å². The Hall–Kier alpha value is -2.70. The monoisotopic (exact) mass is 366 g/mol. The van der Waals surface area contributed by atoms with E-state index in [1.54, 1.807) is 53.8 Å². The second-order valence-electron chi connectivity index (χ2n) is 5.49. The lowest BCUT2D eigenvalue weighted by Crippen LogP contribution is -2.12. The minimum Gasteiger partial charge on any atom is -0.280 e. The van der Waals surface area contributed by atoms with Crippen LogP contribution in [0.4, 0.5) is 5.69 Å². The van der Waals surface area contributed by atoms with Gasteiger partial charge in [0.25, 0.3) is 10.0 Å². The van der Waals surface area contributed by atoms with Crippen LogP contribution in [-0.2, 0) is 10.0 Å². The molecular weight excluding hydrogens is 352 g/mol. The van der Waals surface area contributed by atoms with Crippen molar-refractivity contribution >= 4 is 37.3 Å². The predicted octanol–water partition coefficient (Wildman–Crippen LogP) is 4.76. The molecule has 4 nitrogen and oxygen atoms in total. The highest BCUT2D eigenvalue weighted by Gasteiger charge is 2.14. The highest BCUT2D eigenvalue weighted by atomic mass is 32.2. The molecule has 0 amide bonds. The van der Waals surface area contributed by atoms with E-state index in [4.69, 9.17) is 0 Å². The lowest BCUT2D eigenvalue weighted by Gasteiger charge is -2.08. The Bertz CT molecular complexity index is 1100. The fourth-order valence-corrected chi connectivity index (χ4v) is 4.56. The first kappa shape index (κ1) is 15.8. The summed E-state index contributed by atoms with van der Waals surface area (Å²) in [6.45, 7) is 0. The van der Waals surface area contributed by atoms with E-state index in [1.165, 1.54) is 0 Å². The van der Waals surface area contributed by atoms with Gasteiger partial charge in [-0.15, -0.1) is 11.3 Å².